The summed E-state index contributed by atoms with van der Waals surface area (Å²) >= 11 is 0. The van der Waals surface area contributed by atoms with Crippen molar-refractivity contribution in [3.05, 3.63) is 78.6 Å². The number of nitrogens with one attached hydrogen (secondary N) is 1. The molecule has 0 aliphatic rings. The molecule has 0 radical (unpaired) electrons. The smallest absolute Gasteiger partial charge is 0.225 e. The molecule has 0 amide bonds. The Kier molecular flexibility index (Phi) is 5.65. The van der Waals surface area contributed by atoms with Gasteiger partial charge in [-0.05, 0) is 48.5 Å². The molecule has 5 rings (SSSR count). The third kappa shape index (κ3) is 4.06. The average molecular weight is 454 g/mol. The molecule has 5 aromatic rings. The lowest BCUT2D eigenvalue weighted by Gasteiger charge is -2.09. The number of fused-ring (bicyclic) bond motifs is 1. The van der Waals surface area contributed by atoms with Crippen LogP contribution >= 0.6 is 0 Å². The summed E-state index contributed by atoms with van der Waals surface area (Å²) < 4.78 is 12.3. The largest absolute Gasteiger partial charge is 0.497 e. The summed E-state index contributed by atoms with van der Waals surface area (Å²) in [6.07, 6.45) is 1.75. The molecule has 9 heteroatoms. The quantitative estimate of drug-likeness (QED) is 0.379. The van der Waals surface area contributed by atoms with Gasteiger partial charge in [-0.1, -0.05) is 18.2 Å². The molecule has 0 fully saturated rings. The van der Waals surface area contributed by atoms with E-state index < -0.39 is 0 Å². The molecule has 9 nitrogen and oxygen atoms in total. The van der Waals surface area contributed by atoms with Crippen LogP contribution in [0.25, 0.3) is 28.0 Å². The van der Waals surface area contributed by atoms with E-state index in [2.05, 4.69) is 15.3 Å². The number of nitrogen functional groups attached to an aromatic ring is 1. The van der Waals surface area contributed by atoms with Gasteiger partial charge < -0.3 is 20.5 Å². The van der Waals surface area contributed by atoms with Crippen LogP contribution in [-0.2, 0) is 6.54 Å². The number of anilines is 2. The molecule has 3 aromatic heterocycles. The van der Waals surface area contributed by atoms with E-state index in [-0.39, 0.29) is 0 Å². The van der Waals surface area contributed by atoms with Gasteiger partial charge in [-0.2, -0.15) is 4.98 Å². The van der Waals surface area contributed by atoms with Crippen molar-refractivity contribution in [3.63, 3.8) is 0 Å². The van der Waals surface area contributed by atoms with Crippen LogP contribution in [0.3, 0.4) is 0 Å². The highest BCUT2D eigenvalue weighted by molar-refractivity contribution is 5.99. The Hall–Kier alpha value is -4.66. The summed E-state index contributed by atoms with van der Waals surface area (Å²) in [6, 6.07) is 20.9. The van der Waals surface area contributed by atoms with Crippen molar-refractivity contribution in [1.29, 1.82) is 0 Å². The predicted molar refractivity (Wildman–Crippen MR) is 131 cm³/mol. The van der Waals surface area contributed by atoms with E-state index in [0.717, 1.165) is 22.7 Å². The van der Waals surface area contributed by atoms with Gasteiger partial charge in [-0.25, -0.2) is 9.67 Å². The lowest BCUT2D eigenvalue weighted by Crippen LogP contribution is -2.06. The molecule has 0 atom stereocenters. The van der Waals surface area contributed by atoms with E-state index in [1.54, 1.807) is 25.1 Å². The topological polar surface area (TPSA) is 113 Å². The number of nitrogens with zero attached hydrogens (tertiary/aromatic N) is 5. The third-order valence-corrected chi connectivity index (χ3v) is 5.38. The average Bonchev–Trinajstić information content (AvgIpc) is 3.23. The predicted octanol–water partition coefficient (Wildman–Crippen LogP) is 4.09. The first-order valence-electron chi connectivity index (χ1n) is 10.6. The second kappa shape index (κ2) is 9.07. The number of rotatable bonds is 7. The maximum Gasteiger partial charge on any atom is 0.225 e. The van der Waals surface area contributed by atoms with Crippen LogP contribution in [0.5, 0.6) is 11.5 Å². The molecule has 0 spiro atoms. The highest BCUT2D eigenvalue weighted by Crippen LogP contribution is 2.34. The minimum atomic E-state index is 0.426. The van der Waals surface area contributed by atoms with E-state index in [4.69, 9.17) is 25.3 Å². The summed E-state index contributed by atoms with van der Waals surface area (Å²) in [5, 5.41) is 8.61. The molecular weight excluding hydrogens is 430 g/mol. The molecule has 0 aliphatic carbocycles. The van der Waals surface area contributed by atoms with Crippen molar-refractivity contribution in [3.8, 4) is 28.4 Å². The number of ether oxygens (including phenoxy) is 2. The van der Waals surface area contributed by atoms with E-state index in [1.807, 2.05) is 66.7 Å². The molecule has 0 saturated heterocycles. The zero-order chi connectivity index (χ0) is 23.5. The van der Waals surface area contributed by atoms with Crippen LogP contribution < -0.4 is 20.5 Å². The van der Waals surface area contributed by atoms with Crippen molar-refractivity contribution in [2.45, 2.75) is 6.54 Å². The highest BCUT2D eigenvalue weighted by Gasteiger charge is 2.19. The van der Waals surface area contributed by atoms with Gasteiger partial charge in [0, 0.05) is 11.8 Å². The fraction of sp³-hybridized carbons (Fsp3) is 0.120. The number of hydrogen-bond donors (Lipinski definition) is 2. The molecule has 0 saturated carbocycles. The second-order valence-corrected chi connectivity index (χ2v) is 7.50. The van der Waals surface area contributed by atoms with Crippen LogP contribution in [-0.4, -0.2) is 39.0 Å². The van der Waals surface area contributed by atoms with E-state index in [9.17, 15) is 0 Å². The minimum Gasteiger partial charge on any atom is -0.497 e. The summed E-state index contributed by atoms with van der Waals surface area (Å²) in [7, 11) is 3.26. The van der Waals surface area contributed by atoms with Gasteiger partial charge in [0.1, 0.15) is 17.3 Å². The van der Waals surface area contributed by atoms with Crippen molar-refractivity contribution >= 4 is 22.8 Å². The normalized spacial score (nSPS) is 10.9. The lowest BCUT2D eigenvalue weighted by molar-refractivity contribution is 0.414. The molecule has 0 unspecified atom stereocenters. The molecular formula is C25H23N7O2. The maximum absolute atomic E-state index is 6.59. The van der Waals surface area contributed by atoms with E-state index in [0.29, 0.717) is 40.8 Å². The Morgan fingerprint density at radius 1 is 0.912 bits per heavy atom. The monoisotopic (exact) mass is 453 g/mol. The molecule has 2 aromatic carbocycles. The molecule has 34 heavy (non-hydrogen) atoms. The number of benzene rings is 2. The van der Waals surface area contributed by atoms with Crippen molar-refractivity contribution < 1.29 is 9.47 Å². The van der Waals surface area contributed by atoms with Gasteiger partial charge >= 0.3 is 0 Å². The first-order chi connectivity index (χ1) is 16.7. The van der Waals surface area contributed by atoms with Crippen molar-refractivity contribution in [2.24, 2.45) is 0 Å². The first kappa shape index (κ1) is 21.2. The number of aromatic nitrogens is 5. The number of hydrogen-bond acceptors (Lipinski definition) is 8. The SMILES string of the molecule is COc1ccc(-n2nc3nc(NCc4ccccn4)nc(-c4cccc(OC)c4)c3c2N)cc1. The molecule has 0 aliphatic heterocycles. The fourth-order valence-corrected chi connectivity index (χ4v) is 3.66. The first-order valence-corrected chi connectivity index (χ1v) is 10.6. The molecule has 0 bridgehead atoms. The Balaban J connectivity index is 1.64. The van der Waals surface area contributed by atoms with Gasteiger partial charge in [-0.15, -0.1) is 5.10 Å². The number of pyridine rings is 1. The van der Waals surface area contributed by atoms with Crippen LogP contribution in [0.2, 0.25) is 0 Å². The lowest BCUT2D eigenvalue weighted by atomic mass is 10.1. The van der Waals surface area contributed by atoms with E-state index >= 15 is 0 Å². The highest BCUT2D eigenvalue weighted by atomic mass is 16.5. The van der Waals surface area contributed by atoms with Gasteiger partial charge in [0.15, 0.2) is 5.65 Å². The second-order valence-electron chi connectivity index (χ2n) is 7.50. The van der Waals surface area contributed by atoms with Crippen LogP contribution in [0.15, 0.2) is 72.9 Å². The van der Waals surface area contributed by atoms with E-state index in [1.165, 1.54) is 0 Å². The Bertz CT molecular complexity index is 1430. The summed E-state index contributed by atoms with van der Waals surface area (Å²) in [4.78, 5) is 13.8. The minimum absolute atomic E-state index is 0.426. The summed E-state index contributed by atoms with van der Waals surface area (Å²) in [6.45, 7) is 0.471. The van der Waals surface area contributed by atoms with Crippen molar-refractivity contribution in [1.82, 2.24) is 24.7 Å². The zero-order valence-electron chi connectivity index (χ0n) is 18.8. The molecule has 3 heterocycles. The Morgan fingerprint density at radius 2 is 1.74 bits per heavy atom. The van der Waals surface area contributed by atoms with Gasteiger partial charge in [0.05, 0.1) is 43.2 Å². The Labute approximate surface area is 196 Å². The van der Waals surface area contributed by atoms with Gasteiger partial charge in [0.25, 0.3) is 0 Å². The van der Waals surface area contributed by atoms with Crippen LogP contribution in [0.1, 0.15) is 5.69 Å². The maximum atomic E-state index is 6.59. The summed E-state index contributed by atoms with van der Waals surface area (Å²) in [5.41, 5.74) is 10.2. The number of nitrogens with two attached hydrogens (primary N) is 1. The van der Waals surface area contributed by atoms with Crippen LogP contribution in [0, 0.1) is 0 Å². The van der Waals surface area contributed by atoms with Gasteiger partial charge in [0.2, 0.25) is 5.95 Å². The Morgan fingerprint density at radius 3 is 2.47 bits per heavy atom. The van der Waals surface area contributed by atoms with Crippen LogP contribution in [0.4, 0.5) is 11.8 Å². The molecule has 3 N–H and O–H groups in total. The van der Waals surface area contributed by atoms with Crippen molar-refractivity contribution in [2.75, 3.05) is 25.3 Å². The summed E-state index contributed by atoms with van der Waals surface area (Å²) in [5.74, 6) is 2.33. The fourth-order valence-electron chi connectivity index (χ4n) is 3.66. The zero-order valence-corrected chi connectivity index (χ0v) is 18.8. The number of methoxy groups -OCH3 is 2. The molecule has 170 valence electrons. The third-order valence-electron chi connectivity index (χ3n) is 5.38. The standard InChI is InChI=1S/C25H23N7O2/c1-33-19-11-9-18(10-12-19)32-23(26)21-22(16-6-5-8-20(14-16)34-2)29-25(30-24(21)31-32)28-15-17-7-3-4-13-27-17/h3-14H,15,26H2,1-2H3,(H,28,30,31). The van der Waals surface area contributed by atoms with Gasteiger partial charge in [-0.3, -0.25) is 4.98 Å².